The van der Waals surface area contributed by atoms with Crippen molar-refractivity contribution in [3.8, 4) is 5.75 Å². The molecule has 1 aliphatic rings. The Hall–Kier alpha value is -2.29. The number of hydrogen-bond donors (Lipinski definition) is 1. The van der Waals surface area contributed by atoms with Crippen molar-refractivity contribution in [2.45, 2.75) is 31.2 Å². The van der Waals surface area contributed by atoms with E-state index < -0.39 is 10.0 Å². The minimum absolute atomic E-state index is 0.0890. The number of benzene rings is 2. The molecule has 168 valence electrons. The van der Waals surface area contributed by atoms with E-state index in [1.54, 1.807) is 31.4 Å². The third-order valence-electron chi connectivity index (χ3n) is 5.59. The van der Waals surface area contributed by atoms with E-state index >= 15 is 0 Å². The van der Waals surface area contributed by atoms with Gasteiger partial charge in [-0.05, 0) is 61.7 Å². The van der Waals surface area contributed by atoms with Gasteiger partial charge in [0.1, 0.15) is 5.75 Å². The smallest absolute Gasteiger partial charge is 0.243 e. The summed E-state index contributed by atoms with van der Waals surface area (Å²) >= 11 is 6.13. The molecule has 1 heterocycles. The number of carbonyl (C=O) groups excluding carboxylic acids is 1. The van der Waals surface area contributed by atoms with Crippen molar-refractivity contribution < 1.29 is 17.9 Å². The number of aryl methyl sites for hydroxylation is 2. The molecule has 0 saturated carbocycles. The third-order valence-corrected chi connectivity index (χ3v) is 7.62. The molecule has 0 aliphatic carbocycles. The van der Waals surface area contributed by atoms with Gasteiger partial charge in [0.25, 0.3) is 0 Å². The fraction of sp³-hybridized carbons (Fsp3) is 0.409. The second kappa shape index (κ2) is 9.46. The lowest BCUT2D eigenvalue weighted by atomic mass is 10.1. The van der Waals surface area contributed by atoms with Crippen LogP contribution in [-0.4, -0.2) is 58.5 Å². The standard InChI is InChI=1S/C22H28ClN3O4S/c1-15-5-7-19(11-16(15)2)31(28,29)25(3)14-22(27)24-18-9-10-26(13-18)20-12-17(23)6-8-21(20)30-4/h5-8,11-12,18H,9-10,13-14H2,1-4H3,(H,24,27). The number of sulfonamides is 1. The molecule has 7 nitrogen and oxygen atoms in total. The van der Waals surface area contributed by atoms with Crippen molar-refractivity contribution in [3.05, 3.63) is 52.5 Å². The molecule has 31 heavy (non-hydrogen) atoms. The van der Waals surface area contributed by atoms with Gasteiger partial charge in [-0.25, -0.2) is 8.42 Å². The Morgan fingerprint density at radius 1 is 1.23 bits per heavy atom. The van der Waals surface area contributed by atoms with Gasteiger partial charge in [-0.1, -0.05) is 17.7 Å². The molecule has 1 fully saturated rings. The molecule has 0 bridgehead atoms. The topological polar surface area (TPSA) is 79.0 Å². The van der Waals surface area contributed by atoms with Crippen molar-refractivity contribution in [1.82, 2.24) is 9.62 Å². The first kappa shape index (κ1) is 23.4. The zero-order valence-electron chi connectivity index (χ0n) is 18.2. The van der Waals surface area contributed by atoms with E-state index in [1.807, 2.05) is 26.0 Å². The Bertz CT molecular complexity index is 1070. The summed E-state index contributed by atoms with van der Waals surface area (Å²) < 4.78 is 32.1. The number of carbonyl (C=O) groups is 1. The monoisotopic (exact) mass is 465 g/mol. The lowest BCUT2D eigenvalue weighted by Gasteiger charge is -2.22. The van der Waals surface area contributed by atoms with Crippen LogP contribution in [0.3, 0.4) is 0 Å². The molecule has 1 N–H and O–H groups in total. The van der Waals surface area contributed by atoms with E-state index in [4.69, 9.17) is 16.3 Å². The molecule has 1 atom stereocenters. The second-order valence-electron chi connectivity index (χ2n) is 7.82. The minimum Gasteiger partial charge on any atom is -0.495 e. The predicted molar refractivity (Wildman–Crippen MR) is 122 cm³/mol. The second-order valence-corrected chi connectivity index (χ2v) is 10.3. The maximum Gasteiger partial charge on any atom is 0.243 e. The van der Waals surface area contributed by atoms with Crippen LogP contribution >= 0.6 is 11.6 Å². The number of methoxy groups -OCH3 is 1. The summed E-state index contributed by atoms with van der Waals surface area (Å²) in [7, 11) is -0.720. The highest BCUT2D eigenvalue weighted by molar-refractivity contribution is 7.89. The van der Waals surface area contributed by atoms with Crippen LogP contribution in [0.1, 0.15) is 17.5 Å². The Balaban J connectivity index is 1.61. The van der Waals surface area contributed by atoms with Gasteiger partial charge in [-0.3, -0.25) is 4.79 Å². The maximum absolute atomic E-state index is 12.8. The van der Waals surface area contributed by atoms with Crippen molar-refractivity contribution >= 4 is 33.2 Å². The lowest BCUT2D eigenvalue weighted by Crippen LogP contribution is -2.43. The lowest BCUT2D eigenvalue weighted by molar-refractivity contribution is -0.121. The van der Waals surface area contributed by atoms with Crippen molar-refractivity contribution in [3.63, 3.8) is 0 Å². The van der Waals surface area contributed by atoms with Crippen molar-refractivity contribution in [1.29, 1.82) is 0 Å². The predicted octanol–water partition coefficient (Wildman–Crippen LogP) is 2.98. The molecule has 1 saturated heterocycles. The number of nitrogens with zero attached hydrogens (tertiary/aromatic N) is 2. The van der Waals surface area contributed by atoms with Crippen LogP contribution in [0.15, 0.2) is 41.3 Å². The van der Waals surface area contributed by atoms with E-state index in [2.05, 4.69) is 10.2 Å². The number of nitrogens with one attached hydrogen (secondary N) is 1. The van der Waals surface area contributed by atoms with Crippen LogP contribution in [0.4, 0.5) is 5.69 Å². The normalized spacial score (nSPS) is 16.6. The fourth-order valence-electron chi connectivity index (χ4n) is 3.62. The highest BCUT2D eigenvalue weighted by atomic mass is 35.5. The van der Waals surface area contributed by atoms with Gasteiger partial charge in [0, 0.05) is 31.2 Å². The van der Waals surface area contributed by atoms with Gasteiger partial charge in [0.2, 0.25) is 15.9 Å². The summed E-state index contributed by atoms with van der Waals surface area (Å²) in [6.45, 7) is 4.87. The Labute approximate surface area is 189 Å². The number of likely N-dealkylation sites (N-methyl/N-ethyl adjacent to an activating group) is 1. The molecule has 2 aromatic rings. The van der Waals surface area contributed by atoms with Crippen molar-refractivity contribution in [2.24, 2.45) is 0 Å². The summed E-state index contributed by atoms with van der Waals surface area (Å²) in [4.78, 5) is 14.8. The quantitative estimate of drug-likeness (QED) is 0.680. The minimum atomic E-state index is -3.74. The summed E-state index contributed by atoms with van der Waals surface area (Å²) in [5.41, 5.74) is 2.78. The van der Waals surface area contributed by atoms with E-state index in [0.29, 0.717) is 11.6 Å². The molecule has 1 aliphatic heterocycles. The van der Waals surface area contributed by atoms with Crippen LogP contribution in [0.2, 0.25) is 5.02 Å². The van der Waals surface area contributed by atoms with Crippen LogP contribution in [0.25, 0.3) is 0 Å². The average molecular weight is 466 g/mol. The van der Waals surface area contributed by atoms with E-state index in [9.17, 15) is 13.2 Å². The van der Waals surface area contributed by atoms with Gasteiger partial charge in [0.15, 0.2) is 0 Å². The van der Waals surface area contributed by atoms with Gasteiger partial charge in [-0.15, -0.1) is 0 Å². The van der Waals surface area contributed by atoms with Crippen LogP contribution in [0.5, 0.6) is 5.75 Å². The molecule has 9 heteroatoms. The molecule has 3 rings (SSSR count). The first-order chi connectivity index (χ1) is 14.6. The fourth-order valence-corrected chi connectivity index (χ4v) is 5.00. The molecular formula is C22H28ClN3O4S. The number of anilines is 1. The molecule has 1 unspecified atom stereocenters. The molecule has 0 spiro atoms. The van der Waals surface area contributed by atoms with E-state index in [1.165, 1.54) is 7.05 Å². The highest BCUT2D eigenvalue weighted by Crippen LogP contribution is 2.33. The van der Waals surface area contributed by atoms with Gasteiger partial charge < -0.3 is 15.0 Å². The summed E-state index contributed by atoms with van der Waals surface area (Å²) in [5, 5.41) is 3.56. The molecule has 2 aromatic carbocycles. The average Bonchev–Trinajstić information content (AvgIpc) is 3.17. The molecule has 0 aromatic heterocycles. The van der Waals surface area contributed by atoms with Crippen LogP contribution in [-0.2, 0) is 14.8 Å². The third kappa shape index (κ3) is 5.31. The Morgan fingerprint density at radius 2 is 1.97 bits per heavy atom. The summed E-state index contributed by atoms with van der Waals surface area (Å²) in [6.07, 6.45) is 0.745. The number of rotatable bonds is 7. The summed E-state index contributed by atoms with van der Waals surface area (Å²) in [5.74, 6) is 0.385. The Morgan fingerprint density at radius 3 is 2.65 bits per heavy atom. The number of halogens is 1. The molecule has 1 amide bonds. The largest absolute Gasteiger partial charge is 0.495 e. The first-order valence-electron chi connectivity index (χ1n) is 10.0. The van der Waals surface area contributed by atoms with E-state index in [0.717, 1.165) is 39.8 Å². The highest BCUT2D eigenvalue weighted by Gasteiger charge is 2.28. The van der Waals surface area contributed by atoms with Crippen LogP contribution < -0.4 is 15.0 Å². The molecule has 0 radical (unpaired) electrons. The van der Waals surface area contributed by atoms with Gasteiger partial charge >= 0.3 is 0 Å². The number of hydrogen-bond acceptors (Lipinski definition) is 5. The van der Waals surface area contributed by atoms with E-state index in [-0.39, 0.29) is 23.4 Å². The van der Waals surface area contributed by atoms with Gasteiger partial charge in [-0.2, -0.15) is 4.31 Å². The van der Waals surface area contributed by atoms with Crippen molar-refractivity contribution in [2.75, 3.05) is 38.7 Å². The SMILES string of the molecule is COc1ccc(Cl)cc1N1CCC(NC(=O)CN(C)S(=O)(=O)c2ccc(C)c(C)c2)C1. The number of amides is 1. The summed E-state index contributed by atoms with van der Waals surface area (Å²) in [6, 6.07) is 10.3. The zero-order valence-corrected chi connectivity index (χ0v) is 19.8. The zero-order chi connectivity index (χ0) is 22.8. The maximum atomic E-state index is 12.8. The van der Waals surface area contributed by atoms with Gasteiger partial charge in [0.05, 0.1) is 24.2 Å². The number of ether oxygens (including phenoxy) is 1. The van der Waals surface area contributed by atoms with Crippen LogP contribution in [0, 0.1) is 13.8 Å². The molecular weight excluding hydrogens is 438 g/mol. The first-order valence-corrected chi connectivity index (χ1v) is 11.8. The Kier molecular flexibility index (Phi) is 7.13.